The number of carbonyl (C=O) groups is 2. The molecule has 1 aromatic rings. The first kappa shape index (κ1) is 11.2. The maximum Gasteiger partial charge on any atom is 0.221 e. The number of aryl methyl sites for hydroxylation is 1. The molecule has 0 unspecified atom stereocenters. The quantitative estimate of drug-likeness (QED) is 0.757. The minimum atomic E-state index is -0.353. The van der Waals surface area contributed by atoms with E-state index in [4.69, 9.17) is 5.73 Å². The molecule has 0 aliphatic rings. The van der Waals surface area contributed by atoms with Crippen LogP contribution in [0, 0.1) is 6.92 Å². The lowest BCUT2D eigenvalue weighted by molar-refractivity contribution is -0.117. The summed E-state index contributed by atoms with van der Waals surface area (Å²) >= 11 is 0. The van der Waals surface area contributed by atoms with Gasteiger partial charge >= 0.3 is 0 Å². The van der Waals surface area contributed by atoms with Crippen molar-refractivity contribution in [2.75, 3.05) is 0 Å². The standard InChI is InChI=1S/C12H13NO2/c1-9-7-10(8-14)5-6-11(9)3-2-4-12(13)15/h2-3,5-8H,4H2,1H3,(H2,13,15). The number of aldehydes is 1. The van der Waals surface area contributed by atoms with Gasteiger partial charge in [0.15, 0.2) is 0 Å². The SMILES string of the molecule is Cc1cc(C=O)ccc1C=CCC(N)=O. The molecule has 0 saturated carbocycles. The fourth-order valence-electron chi connectivity index (χ4n) is 1.26. The van der Waals surface area contributed by atoms with E-state index < -0.39 is 0 Å². The van der Waals surface area contributed by atoms with Crippen molar-refractivity contribution in [2.24, 2.45) is 5.73 Å². The van der Waals surface area contributed by atoms with Crippen LogP contribution in [0.5, 0.6) is 0 Å². The van der Waals surface area contributed by atoms with E-state index in [2.05, 4.69) is 0 Å². The molecule has 0 fully saturated rings. The smallest absolute Gasteiger partial charge is 0.221 e. The van der Waals surface area contributed by atoms with Gasteiger partial charge in [0, 0.05) is 12.0 Å². The third kappa shape index (κ3) is 3.38. The molecule has 1 aromatic carbocycles. The van der Waals surface area contributed by atoms with Crippen LogP contribution in [0.4, 0.5) is 0 Å². The molecular formula is C12H13NO2. The molecule has 0 saturated heterocycles. The third-order valence-corrected chi connectivity index (χ3v) is 2.05. The second-order valence-electron chi connectivity index (χ2n) is 3.31. The van der Waals surface area contributed by atoms with Crippen molar-refractivity contribution in [1.29, 1.82) is 0 Å². The van der Waals surface area contributed by atoms with Crippen LogP contribution in [0.2, 0.25) is 0 Å². The average molecular weight is 203 g/mol. The minimum Gasteiger partial charge on any atom is -0.369 e. The molecule has 0 radical (unpaired) electrons. The summed E-state index contributed by atoms with van der Waals surface area (Å²) in [5.41, 5.74) is 7.64. The van der Waals surface area contributed by atoms with Crippen molar-refractivity contribution in [3.8, 4) is 0 Å². The van der Waals surface area contributed by atoms with Crippen LogP contribution in [0.15, 0.2) is 24.3 Å². The highest BCUT2D eigenvalue weighted by molar-refractivity contribution is 5.78. The number of benzene rings is 1. The molecular weight excluding hydrogens is 190 g/mol. The molecule has 0 bridgehead atoms. The summed E-state index contributed by atoms with van der Waals surface area (Å²) in [6, 6.07) is 5.39. The van der Waals surface area contributed by atoms with Gasteiger partial charge in [0.1, 0.15) is 6.29 Å². The van der Waals surface area contributed by atoms with Crippen LogP contribution in [-0.4, -0.2) is 12.2 Å². The Kier molecular flexibility index (Phi) is 3.80. The number of hydrogen-bond acceptors (Lipinski definition) is 2. The van der Waals surface area contributed by atoms with Crippen molar-refractivity contribution in [3.63, 3.8) is 0 Å². The molecule has 0 aromatic heterocycles. The fraction of sp³-hybridized carbons (Fsp3) is 0.167. The predicted molar refractivity (Wildman–Crippen MR) is 59.4 cm³/mol. The third-order valence-electron chi connectivity index (χ3n) is 2.05. The first-order valence-corrected chi connectivity index (χ1v) is 4.64. The van der Waals surface area contributed by atoms with Gasteiger partial charge in [-0.15, -0.1) is 0 Å². The Balaban J connectivity index is 2.82. The second-order valence-corrected chi connectivity index (χ2v) is 3.31. The van der Waals surface area contributed by atoms with Crippen LogP contribution in [0.25, 0.3) is 6.08 Å². The summed E-state index contributed by atoms with van der Waals surface area (Å²) < 4.78 is 0. The summed E-state index contributed by atoms with van der Waals surface area (Å²) in [5, 5.41) is 0. The fourth-order valence-corrected chi connectivity index (χ4v) is 1.26. The number of rotatable bonds is 4. The molecule has 15 heavy (non-hydrogen) atoms. The van der Waals surface area contributed by atoms with Gasteiger partial charge in [0.05, 0.1) is 0 Å². The van der Waals surface area contributed by atoms with Crippen molar-refractivity contribution in [1.82, 2.24) is 0 Å². The number of primary amides is 1. The molecule has 1 rings (SSSR count). The molecule has 1 amide bonds. The maximum atomic E-state index is 10.5. The zero-order chi connectivity index (χ0) is 11.3. The molecule has 78 valence electrons. The molecule has 0 atom stereocenters. The summed E-state index contributed by atoms with van der Waals surface area (Å²) in [4.78, 5) is 21.0. The van der Waals surface area contributed by atoms with E-state index in [1.54, 1.807) is 18.2 Å². The van der Waals surface area contributed by atoms with Crippen LogP contribution in [0.3, 0.4) is 0 Å². The first-order chi connectivity index (χ1) is 7.13. The molecule has 0 aliphatic heterocycles. The van der Waals surface area contributed by atoms with E-state index in [0.29, 0.717) is 5.56 Å². The van der Waals surface area contributed by atoms with E-state index in [0.717, 1.165) is 17.4 Å². The Labute approximate surface area is 88.6 Å². The van der Waals surface area contributed by atoms with Gasteiger partial charge in [-0.05, 0) is 24.1 Å². The number of nitrogens with two attached hydrogens (primary N) is 1. The summed E-state index contributed by atoms with van der Waals surface area (Å²) in [7, 11) is 0. The second kappa shape index (κ2) is 5.10. The Morgan fingerprint density at radius 1 is 1.47 bits per heavy atom. The number of amides is 1. The lowest BCUT2D eigenvalue weighted by Crippen LogP contribution is -2.07. The van der Waals surface area contributed by atoms with E-state index in [9.17, 15) is 9.59 Å². The highest BCUT2D eigenvalue weighted by Crippen LogP contribution is 2.11. The van der Waals surface area contributed by atoms with Crippen molar-refractivity contribution in [2.45, 2.75) is 13.3 Å². The largest absolute Gasteiger partial charge is 0.369 e. The van der Waals surface area contributed by atoms with Gasteiger partial charge in [0.25, 0.3) is 0 Å². The van der Waals surface area contributed by atoms with Crippen LogP contribution in [-0.2, 0) is 4.79 Å². The molecule has 0 heterocycles. The van der Waals surface area contributed by atoms with E-state index >= 15 is 0 Å². The van der Waals surface area contributed by atoms with Crippen molar-refractivity contribution >= 4 is 18.3 Å². The average Bonchev–Trinajstić information content (AvgIpc) is 2.20. The monoisotopic (exact) mass is 203 g/mol. The molecule has 3 heteroatoms. The zero-order valence-corrected chi connectivity index (χ0v) is 8.57. The molecule has 0 spiro atoms. The van der Waals surface area contributed by atoms with E-state index in [1.807, 2.05) is 19.1 Å². The van der Waals surface area contributed by atoms with Gasteiger partial charge in [-0.2, -0.15) is 0 Å². The summed E-state index contributed by atoms with van der Waals surface area (Å²) in [5.74, 6) is -0.353. The molecule has 2 N–H and O–H groups in total. The number of carbonyl (C=O) groups excluding carboxylic acids is 2. The Bertz CT molecular complexity index is 408. The lowest BCUT2D eigenvalue weighted by Gasteiger charge is -2.00. The number of hydrogen-bond donors (Lipinski definition) is 1. The Morgan fingerprint density at radius 3 is 2.73 bits per heavy atom. The summed E-state index contributed by atoms with van der Waals surface area (Å²) in [6.07, 6.45) is 4.58. The topological polar surface area (TPSA) is 60.2 Å². The van der Waals surface area contributed by atoms with Crippen molar-refractivity contribution in [3.05, 3.63) is 41.0 Å². The first-order valence-electron chi connectivity index (χ1n) is 4.64. The highest BCUT2D eigenvalue weighted by atomic mass is 16.1. The minimum absolute atomic E-state index is 0.231. The molecule has 0 aliphatic carbocycles. The molecule has 3 nitrogen and oxygen atoms in total. The Hall–Kier alpha value is -1.90. The van der Waals surface area contributed by atoms with E-state index in [-0.39, 0.29) is 12.3 Å². The maximum absolute atomic E-state index is 10.5. The van der Waals surface area contributed by atoms with Crippen molar-refractivity contribution < 1.29 is 9.59 Å². The van der Waals surface area contributed by atoms with Crippen LogP contribution >= 0.6 is 0 Å². The van der Waals surface area contributed by atoms with Crippen LogP contribution < -0.4 is 5.73 Å². The Morgan fingerprint density at radius 2 is 2.20 bits per heavy atom. The van der Waals surface area contributed by atoms with Gasteiger partial charge < -0.3 is 5.73 Å². The summed E-state index contributed by atoms with van der Waals surface area (Å²) in [6.45, 7) is 1.91. The zero-order valence-electron chi connectivity index (χ0n) is 8.57. The van der Waals surface area contributed by atoms with Gasteiger partial charge in [0.2, 0.25) is 5.91 Å². The van der Waals surface area contributed by atoms with Gasteiger partial charge in [-0.3, -0.25) is 9.59 Å². The lowest BCUT2D eigenvalue weighted by atomic mass is 10.1. The van der Waals surface area contributed by atoms with Gasteiger partial charge in [-0.25, -0.2) is 0 Å². The van der Waals surface area contributed by atoms with Gasteiger partial charge in [-0.1, -0.05) is 24.3 Å². The van der Waals surface area contributed by atoms with Crippen LogP contribution in [0.1, 0.15) is 27.9 Å². The highest BCUT2D eigenvalue weighted by Gasteiger charge is 1.96. The normalized spacial score (nSPS) is 10.5. The van der Waals surface area contributed by atoms with E-state index in [1.165, 1.54) is 0 Å². The predicted octanol–water partition coefficient (Wildman–Crippen LogP) is 1.70.